The van der Waals surface area contributed by atoms with Crippen LogP contribution in [0.3, 0.4) is 0 Å². The fourth-order valence-electron chi connectivity index (χ4n) is 6.05. The highest BCUT2D eigenvalue weighted by atomic mass is 19.1. The minimum absolute atomic E-state index is 0.121. The van der Waals surface area contributed by atoms with Crippen LogP contribution < -0.4 is 15.5 Å². The minimum atomic E-state index is -0.331. The van der Waals surface area contributed by atoms with Gasteiger partial charge in [-0.15, -0.1) is 0 Å². The molecule has 3 N–H and O–H groups in total. The van der Waals surface area contributed by atoms with E-state index in [9.17, 15) is 9.18 Å². The number of rotatable bonds is 4. The number of aliphatic hydroxyl groups is 1. The summed E-state index contributed by atoms with van der Waals surface area (Å²) in [6.07, 6.45) is 9.38. The maximum Gasteiger partial charge on any atom is 0.254 e. The summed E-state index contributed by atoms with van der Waals surface area (Å²) in [5.74, 6) is 1.89. The molecular formula is C28H29FN6O2. The Morgan fingerprint density at radius 2 is 1.86 bits per heavy atom. The second-order valence-corrected chi connectivity index (χ2v) is 9.89. The van der Waals surface area contributed by atoms with E-state index in [4.69, 9.17) is 5.11 Å². The van der Waals surface area contributed by atoms with E-state index < -0.39 is 0 Å². The number of amides is 1. The van der Waals surface area contributed by atoms with Crippen molar-refractivity contribution in [2.45, 2.75) is 25.8 Å². The van der Waals surface area contributed by atoms with E-state index in [1.54, 1.807) is 12.4 Å². The molecule has 2 atom stereocenters. The summed E-state index contributed by atoms with van der Waals surface area (Å²) in [7, 11) is 1.00. The zero-order valence-electron chi connectivity index (χ0n) is 20.6. The normalized spacial score (nSPS) is 19.9. The number of anilines is 3. The van der Waals surface area contributed by atoms with Gasteiger partial charge in [0.05, 0.1) is 35.0 Å². The number of carbonyl (C=O) groups is 1. The van der Waals surface area contributed by atoms with E-state index in [1.807, 2.05) is 28.8 Å². The van der Waals surface area contributed by atoms with Gasteiger partial charge in [-0.25, -0.2) is 14.4 Å². The lowest BCUT2D eigenvalue weighted by molar-refractivity contribution is 0.0966. The van der Waals surface area contributed by atoms with Gasteiger partial charge in [0.25, 0.3) is 5.91 Å². The van der Waals surface area contributed by atoms with Crippen molar-refractivity contribution in [2.75, 3.05) is 30.4 Å². The molecule has 1 amide bonds. The molecule has 2 unspecified atom stereocenters. The van der Waals surface area contributed by atoms with Gasteiger partial charge in [0.1, 0.15) is 17.3 Å². The number of fused-ring (bicyclic) bond motifs is 4. The number of aliphatic hydroxyl groups excluding tert-OH is 1. The number of pyridine rings is 2. The summed E-state index contributed by atoms with van der Waals surface area (Å²) in [5, 5.41) is 13.3. The topological polar surface area (TPSA) is 94.8 Å². The molecule has 9 heteroatoms. The molecule has 1 saturated heterocycles. The Labute approximate surface area is 214 Å². The first kappa shape index (κ1) is 23.4. The molecule has 0 radical (unpaired) electrons. The van der Waals surface area contributed by atoms with Crippen LogP contribution in [0.2, 0.25) is 0 Å². The Balaban J connectivity index is 0.00000123. The summed E-state index contributed by atoms with van der Waals surface area (Å²) >= 11 is 0. The summed E-state index contributed by atoms with van der Waals surface area (Å²) in [4.78, 5) is 24.2. The second kappa shape index (κ2) is 9.48. The average molecular weight is 501 g/mol. The van der Waals surface area contributed by atoms with Crippen molar-refractivity contribution in [3.05, 3.63) is 71.9 Å². The largest absolute Gasteiger partial charge is 0.400 e. The molecule has 2 bridgehead atoms. The van der Waals surface area contributed by atoms with Crippen molar-refractivity contribution < 1.29 is 14.3 Å². The van der Waals surface area contributed by atoms with Crippen LogP contribution in [-0.2, 0) is 6.54 Å². The number of benzene rings is 1. The third kappa shape index (κ3) is 4.19. The maximum absolute atomic E-state index is 13.6. The number of hydrogen-bond acceptors (Lipinski definition) is 6. The van der Waals surface area contributed by atoms with Crippen LogP contribution in [-0.4, -0.2) is 45.6 Å². The number of nitrogens with one attached hydrogen (secondary N) is 2. The van der Waals surface area contributed by atoms with Gasteiger partial charge >= 0.3 is 0 Å². The van der Waals surface area contributed by atoms with E-state index in [1.165, 1.54) is 31.4 Å². The van der Waals surface area contributed by atoms with Crippen LogP contribution in [0.5, 0.6) is 0 Å². The van der Waals surface area contributed by atoms with Crippen LogP contribution in [0.25, 0.3) is 16.9 Å². The van der Waals surface area contributed by atoms with Gasteiger partial charge < -0.3 is 20.6 Å². The molecule has 0 spiro atoms. The van der Waals surface area contributed by atoms with E-state index in [0.717, 1.165) is 60.2 Å². The van der Waals surface area contributed by atoms with Gasteiger partial charge in [-0.1, -0.05) is 6.07 Å². The first-order valence-electron chi connectivity index (χ1n) is 12.6. The molecule has 1 aliphatic carbocycles. The first-order valence-corrected chi connectivity index (χ1v) is 12.6. The highest BCUT2D eigenvalue weighted by molar-refractivity contribution is 6.06. The molecule has 5 heterocycles. The summed E-state index contributed by atoms with van der Waals surface area (Å²) in [6, 6.07) is 10.8. The van der Waals surface area contributed by atoms with Crippen LogP contribution in [0.1, 0.15) is 35.2 Å². The number of piperidine rings is 1. The monoisotopic (exact) mass is 500 g/mol. The predicted octanol–water partition coefficient (Wildman–Crippen LogP) is 4.37. The summed E-state index contributed by atoms with van der Waals surface area (Å²) in [5.41, 5.74) is 5.62. The highest BCUT2D eigenvalue weighted by Crippen LogP contribution is 2.39. The number of imidazole rings is 1. The highest BCUT2D eigenvalue weighted by Gasteiger charge is 2.33. The molecule has 37 heavy (non-hydrogen) atoms. The maximum atomic E-state index is 13.6. The fraction of sp³-hybridized carbons (Fsp3) is 0.321. The molecule has 2 fully saturated rings. The number of hydrogen-bond donors (Lipinski definition) is 3. The lowest BCUT2D eigenvalue weighted by Gasteiger charge is -2.33. The van der Waals surface area contributed by atoms with Crippen LogP contribution >= 0.6 is 0 Å². The quantitative estimate of drug-likeness (QED) is 0.385. The smallest absolute Gasteiger partial charge is 0.254 e. The van der Waals surface area contributed by atoms with Gasteiger partial charge in [-0.3, -0.25) is 9.20 Å². The molecule has 1 saturated carbocycles. The molecule has 4 aromatic rings. The molecule has 8 nitrogen and oxygen atoms in total. The second-order valence-electron chi connectivity index (χ2n) is 9.89. The molecule has 1 aromatic carbocycles. The van der Waals surface area contributed by atoms with Crippen molar-refractivity contribution in [1.82, 2.24) is 19.7 Å². The van der Waals surface area contributed by atoms with Crippen molar-refractivity contribution in [3.8, 4) is 11.3 Å². The Morgan fingerprint density at radius 3 is 2.62 bits per heavy atom. The average Bonchev–Trinajstić information content (AvgIpc) is 3.62. The Hall–Kier alpha value is -3.98. The minimum Gasteiger partial charge on any atom is -0.400 e. The van der Waals surface area contributed by atoms with E-state index >= 15 is 0 Å². The Kier molecular flexibility index (Phi) is 6.00. The SMILES string of the molecule is CO.O=C1NCc2c(-c3cnc4cc(F)ccn34)ccc(Nc3ccc(N4CC5CCC(C5)C4)cn3)c21. The zero-order valence-corrected chi connectivity index (χ0v) is 20.6. The van der Waals surface area contributed by atoms with Gasteiger partial charge in [0.2, 0.25) is 0 Å². The van der Waals surface area contributed by atoms with Crippen molar-refractivity contribution >= 4 is 28.7 Å². The van der Waals surface area contributed by atoms with E-state index in [2.05, 4.69) is 31.6 Å². The van der Waals surface area contributed by atoms with Crippen molar-refractivity contribution in [1.29, 1.82) is 0 Å². The molecule has 2 aliphatic heterocycles. The molecule has 7 rings (SSSR count). The number of aromatic nitrogens is 3. The van der Waals surface area contributed by atoms with Gasteiger partial charge in [-0.2, -0.15) is 0 Å². The lowest BCUT2D eigenvalue weighted by atomic mass is 9.98. The van der Waals surface area contributed by atoms with E-state index in [-0.39, 0.29) is 11.7 Å². The van der Waals surface area contributed by atoms with Crippen LogP contribution in [0.15, 0.2) is 55.0 Å². The number of carbonyl (C=O) groups excluding carboxylic acids is 1. The van der Waals surface area contributed by atoms with Gasteiger partial charge in [-0.05, 0) is 60.9 Å². The van der Waals surface area contributed by atoms with E-state index in [0.29, 0.717) is 23.6 Å². The van der Waals surface area contributed by atoms with Crippen molar-refractivity contribution in [2.24, 2.45) is 11.8 Å². The Morgan fingerprint density at radius 1 is 1.05 bits per heavy atom. The van der Waals surface area contributed by atoms with Crippen molar-refractivity contribution in [3.63, 3.8) is 0 Å². The molecule has 3 aliphatic rings. The van der Waals surface area contributed by atoms with Crippen LogP contribution in [0, 0.1) is 17.7 Å². The third-order valence-corrected chi connectivity index (χ3v) is 7.70. The standard InChI is InChI=1S/C27H25FN6O.CH4O/c28-18-7-8-34-23(13-30-25(34)10-18)20-4-5-22(26-21(20)12-31-27(26)35)32-24-6-3-19(11-29-24)33-14-16-1-2-17(9-16)15-33;1-2/h3-8,10-11,13,16-17H,1-2,9,12,14-15H2,(H,29,32)(H,31,35);2H,1H3. The number of nitrogens with zero attached hydrogens (tertiary/aromatic N) is 4. The predicted molar refractivity (Wildman–Crippen MR) is 140 cm³/mol. The molecular weight excluding hydrogens is 471 g/mol. The van der Waals surface area contributed by atoms with Gasteiger partial charge in [0.15, 0.2) is 0 Å². The first-order chi connectivity index (χ1) is 18.1. The van der Waals surface area contributed by atoms with Crippen LogP contribution in [0.4, 0.5) is 21.6 Å². The van der Waals surface area contributed by atoms with Gasteiger partial charge in [0, 0.05) is 44.6 Å². The number of halogens is 1. The zero-order chi connectivity index (χ0) is 25.5. The molecule has 3 aromatic heterocycles. The summed E-state index contributed by atoms with van der Waals surface area (Å²) in [6.45, 7) is 2.67. The third-order valence-electron chi connectivity index (χ3n) is 7.70. The molecule has 190 valence electrons. The fourth-order valence-corrected chi connectivity index (χ4v) is 6.05. The Bertz CT molecular complexity index is 1460. The summed E-state index contributed by atoms with van der Waals surface area (Å²) < 4.78 is 15.5. The lowest BCUT2D eigenvalue weighted by Crippen LogP contribution is -2.36.